The maximum atomic E-state index is 11.9. The normalized spacial score (nSPS) is 10.1. The number of carbonyl (C=O) groups is 1. The lowest BCUT2D eigenvalue weighted by molar-refractivity contribution is 0.0946. The molecule has 0 spiro atoms. The van der Waals surface area contributed by atoms with Gasteiger partial charge in [-0.25, -0.2) is 0 Å². The number of rotatable bonds is 3. The third kappa shape index (κ3) is 3.17. The van der Waals surface area contributed by atoms with Crippen LogP contribution < -0.4 is 5.32 Å². The van der Waals surface area contributed by atoms with Gasteiger partial charge in [-0.15, -0.1) is 0 Å². The molecule has 18 heavy (non-hydrogen) atoms. The van der Waals surface area contributed by atoms with Gasteiger partial charge >= 0.3 is 0 Å². The molecule has 1 amide bonds. The predicted molar refractivity (Wildman–Crippen MR) is 71.3 cm³/mol. The lowest BCUT2D eigenvalue weighted by Gasteiger charge is -2.05. The highest BCUT2D eigenvalue weighted by Gasteiger charge is 2.06. The molecule has 0 aliphatic carbocycles. The van der Waals surface area contributed by atoms with E-state index < -0.39 is 0 Å². The predicted octanol–water partition coefficient (Wildman–Crippen LogP) is 2.63. The number of hydrogen-bond donors (Lipinski definition) is 1. The molecular weight excluding hydrogens is 224 g/mol. The fourth-order valence-electron chi connectivity index (χ4n) is 1.64. The Labute approximate surface area is 107 Å². The van der Waals surface area contributed by atoms with Crippen molar-refractivity contribution in [2.24, 2.45) is 0 Å². The van der Waals surface area contributed by atoms with Crippen LogP contribution in [0.5, 0.6) is 0 Å². The van der Waals surface area contributed by atoms with E-state index in [1.807, 2.05) is 44.2 Å². The quantitative estimate of drug-likeness (QED) is 0.896. The number of aromatic nitrogens is 1. The first-order chi connectivity index (χ1) is 8.65. The molecule has 0 aliphatic heterocycles. The van der Waals surface area contributed by atoms with Gasteiger partial charge in [0.1, 0.15) is 5.69 Å². The Balaban J connectivity index is 1.98. The summed E-state index contributed by atoms with van der Waals surface area (Å²) in [6, 6.07) is 11.7. The maximum Gasteiger partial charge on any atom is 0.270 e. The third-order valence-corrected chi connectivity index (χ3v) is 2.72. The van der Waals surface area contributed by atoms with Crippen LogP contribution in [-0.4, -0.2) is 10.9 Å². The molecule has 0 saturated carbocycles. The van der Waals surface area contributed by atoms with Gasteiger partial charge in [0, 0.05) is 12.7 Å². The van der Waals surface area contributed by atoms with Crippen LogP contribution in [0, 0.1) is 13.8 Å². The lowest BCUT2D eigenvalue weighted by atomic mass is 10.1. The van der Waals surface area contributed by atoms with Gasteiger partial charge in [0.15, 0.2) is 0 Å². The summed E-state index contributed by atoms with van der Waals surface area (Å²) in [4.78, 5) is 15.9. The number of hydrogen-bond acceptors (Lipinski definition) is 2. The third-order valence-electron chi connectivity index (χ3n) is 2.72. The Morgan fingerprint density at radius 2 is 1.83 bits per heavy atom. The minimum atomic E-state index is -0.140. The van der Waals surface area contributed by atoms with Crippen molar-refractivity contribution in [3.05, 3.63) is 65.0 Å². The summed E-state index contributed by atoms with van der Waals surface area (Å²) < 4.78 is 0. The summed E-state index contributed by atoms with van der Waals surface area (Å²) in [6.45, 7) is 4.51. The van der Waals surface area contributed by atoms with E-state index in [1.54, 1.807) is 12.3 Å². The van der Waals surface area contributed by atoms with Crippen molar-refractivity contribution >= 4 is 5.91 Å². The fourth-order valence-corrected chi connectivity index (χ4v) is 1.64. The van der Waals surface area contributed by atoms with Gasteiger partial charge in [-0.05, 0) is 37.1 Å². The maximum absolute atomic E-state index is 11.9. The average molecular weight is 240 g/mol. The minimum Gasteiger partial charge on any atom is -0.347 e. The van der Waals surface area contributed by atoms with Crippen molar-refractivity contribution in [1.29, 1.82) is 0 Å². The number of benzene rings is 1. The number of amides is 1. The molecule has 1 aromatic heterocycles. The zero-order chi connectivity index (χ0) is 13.0. The van der Waals surface area contributed by atoms with E-state index in [2.05, 4.69) is 10.3 Å². The molecule has 3 nitrogen and oxygen atoms in total. The van der Waals surface area contributed by atoms with Crippen molar-refractivity contribution in [2.75, 3.05) is 0 Å². The van der Waals surface area contributed by atoms with Crippen LogP contribution in [0.1, 0.15) is 27.2 Å². The van der Waals surface area contributed by atoms with Crippen LogP contribution in [0.2, 0.25) is 0 Å². The Hall–Kier alpha value is -2.16. The van der Waals surface area contributed by atoms with E-state index in [4.69, 9.17) is 0 Å². The van der Waals surface area contributed by atoms with E-state index in [0.717, 1.165) is 11.1 Å². The molecule has 3 heteroatoms. The highest BCUT2D eigenvalue weighted by Crippen LogP contribution is 2.04. The van der Waals surface area contributed by atoms with E-state index in [0.29, 0.717) is 12.2 Å². The Morgan fingerprint density at radius 3 is 2.50 bits per heavy atom. The van der Waals surface area contributed by atoms with E-state index >= 15 is 0 Å². The van der Waals surface area contributed by atoms with E-state index in [-0.39, 0.29) is 5.91 Å². The zero-order valence-electron chi connectivity index (χ0n) is 10.6. The molecule has 0 unspecified atom stereocenters. The summed E-state index contributed by atoms with van der Waals surface area (Å²) in [5.41, 5.74) is 3.79. The molecule has 0 fully saturated rings. The molecule has 0 aliphatic rings. The summed E-state index contributed by atoms with van der Waals surface area (Å²) in [7, 11) is 0. The van der Waals surface area contributed by atoms with Crippen LogP contribution in [-0.2, 0) is 6.54 Å². The highest BCUT2D eigenvalue weighted by molar-refractivity contribution is 5.92. The standard InChI is InChI=1S/C15H16N2O/c1-11-3-5-13(6-4-11)10-17-15(18)14-9-12(2)7-8-16-14/h3-9H,10H2,1-2H3,(H,17,18). The van der Waals surface area contributed by atoms with Gasteiger partial charge in [-0.1, -0.05) is 29.8 Å². The zero-order valence-corrected chi connectivity index (χ0v) is 10.6. The summed E-state index contributed by atoms with van der Waals surface area (Å²) >= 11 is 0. The number of nitrogens with zero attached hydrogens (tertiary/aromatic N) is 1. The second-order valence-corrected chi connectivity index (χ2v) is 4.39. The van der Waals surface area contributed by atoms with E-state index in [9.17, 15) is 4.79 Å². The first kappa shape index (κ1) is 12.3. The molecular formula is C15H16N2O. The molecule has 0 saturated heterocycles. The lowest BCUT2D eigenvalue weighted by Crippen LogP contribution is -2.23. The molecule has 1 heterocycles. The summed E-state index contributed by atoms with van der Waals surface area (Å²) in [5.74, 6) is -0.140. The number of pyridine rings is 1. The molecule has 2 aromatic rings. The van der Waals surface area contributed by atoms with Crippen molar-refractivity contribution < 1.29 is 4.79 Å². The molecule has 0 radical (unpaired) electrons. The number of carbonyl (C=O) groups excluding carboxylic acids is 1. The Bertz CT molecular complexity index is 547. The molecule has 2 rings (SSSR count). The smallest absolute Gasteiger partial charge is 0.270 e. The highest BCUT2D eigenvalue weighted by atomic mass is 16.1. The first-order valence-electron chi connectivity index (χ1n) is 5.91. The summed E-state index contributed by atoms with van der Waals surface area (Å²) in [6.07, 6.45) is 1.65. The van der Waals surface area contributed by atoms with Crippen LogP contribution in [0.4, 0.5) is 0 Å². The minimum absolute atomic E-state index is 0.140. The van der Waals surface area contributed by atoms with Crippen LogP contribution in [0.3, 0.4) is 0 Å². The van der Waals surface area contributed by atoms with Gasteiger partial charge in [-0.2, -0.15) is 0 Å². The fraction of sp³-hybridized carbons (Fsp3) is 0.200. The second kappa shape index (κ2) is 5.45. The van der Waals surface area contributed by atoms with Gasteiger partial charge in [0.25, 0.3) is 5.91 Å². The SMILES string of the molecule is Cc1ccc(CNC(=O)c2cc(C)ccn2)cc1. The topological polar surface area (TPSA) is 42.0 Å². The molecule has 1 N–H and O–H groups in total. The number of nitrogens with one attached hydrogen (secondary N) is 1. The molecule has 0 bridgehead atoms. The monoisotopic (exact) mass is 240 g/mol. The van der Waals surface area contributed by atoms with Gasteiger partial charge in [-0.3, -0.25) is 9.78 Å². The number of aryl methyl sites for hydroxylation is 2. The molecule has 92 valence electrons. The van der Waals surface area contributed by atoms with Crippen LogP contribution >= 0.6 is 0 Å². The van der Waals surface area contributed by atoms with Crippen molar-refractivity contribution in [1.82, 2.24) is 10.3 Å². The second-order valence-electron chi connectivity index (χ2n) is 4.39. The summed E-state index contributed by atoms with van der Waals surface area (Å²) in [5, 5.41) is 2.86. The van der Waals surface area contributed by atoms with E-state index in [1.165, 1.54) is 5.56 Å². The van der Waals surface area contributed by atoms with Gasteiger partial charge in [0.2, 0.25) is 0 Å². The van der Waals surface area contributed by atoms with Gasteiger partial charge in [0.05, 0.1) is 0 Å². The molecule has 1 aromatic carbocycles. The Kier molecular flexibility index (Phi) is 3.72. The average Bonchev–Trinajstić information content (AvgIpc) is 2.38. The molecule has 0 atom stereocenters. The Morgan fingerprint density at radius 1 is 1.11 bits per heavy atom. The largest absolute Gasteiger partial charge is 0.347 e. The van der Waals surface area contributed by atoms with Crippen LogP contribution in [0.15, 0.2) is 42.6 Å². The van der Waals surface area contributed by atoms with Gasteiger partial charge < -0.3 is 5.32 Å². The van der Waals surface area contributed by atoms with Crippen molar-refractivity contribution in [3.63, 3.8) is 0 Å². The first-order valence-corrected chi connectivity index (χ1v) is 5.91. The van der Waals surface area contributed by atoms with Crippen molar-refractivity contribution in [3.8, 4) is 0 Å². The van der Waals surface area contributed by atoms with Crippen LogP contribution in [0.25, 0.3) is 0 Å². The van der Waals surface area contributed by atoms with Crippen molar-refractivity contribution in [2.45, 2.75) is 20.4 Å².